The lowest BCUT2D eigenvalue weighted by molar-refractivity contribution is 0.103. The van der Waals surface area contributed by atoms with E-state index in [0.717, 1.165) is 6.07 Å². The van der Waals surface area contributed by atoms with Gasteiger partial charge in [-0.2, -0.15) is 0 Å². The molecular formula is C13H5BrCl3FO. The van der Waals surface area contributed by atoms with E-state index in [1.807, 2.05) is 0 Å². The Bertz CT molecular complexity index is 653. The molecule has 0 spiro atoms. The Morgan fingerprint density at radius 1 is 1.00 bits per heavy atom. The predicted molar refractivity (Wildman–Crippen MR) is 79.0 cm³/mol. The minimum Gasteiger partial charge on any atom is -0.288 e. The monoisotopic (exact) mass is 380 g/mol. The quantitative estimate of drug-likeness (QED) is 0.475. The van der Waals surface area contributed by atoms with Crippen molar-refractivity contribution in [2.24, 2.45) is 0 Å². The number of carbonyl (C=O) groups excluding carboxylic acids is 1. The average Bonchev–Trinajstić information content (AvgIpc) is 2.31. The highest BCUT2D eigenvalue weighted by atomic mass is 79.9. The summed E-state index contributed by atoms with van der Waals surface area (Å²) in [6.45, 7) is 0. The molecule has 0 aromatic heterocycles. The van der Waals surface area contributed by atoms with Crippen LogP contribution in [0.3, 0.4) is 0 Å². The van der Waals surface area contributed by atoms with Crippen LogP contribution in [0, 0.1) is 5.82 Å². The fourth-order valence-corrected chi connectivity index (χ4v) is 2.54. The lowest BCUT2D eigenvalue weighted by Crippen LogP contribution is -2.04. The Balaban J connectivity index is 2.53. The molecule has 0 heterocycles. The Kier molecular flexibility index (Phi) is 4.51. The first-order valence-electron chi connectivity index (χ1n) is 5.04. The third-order valence-electron chi connectivity index (χ3n) is 2.38. The third kappa shape index (κ3) is 3.29. The van der Waals surface area contributed by atoms with Crippen LogP contribution in [-0.4, -0.2) is 5.78 Å². The Morgan fingerprint density at radius 2 is 1.58 bits per heavy atom. The van der Waals surface area contributed by atoms with Crippen LogP contribution in [0.1, 0.15) is 15.9 Å². The van der Waals surface area contributed by atoms with E-state index in [1.165, 1.54) is 24.3 Å². The molecule has 0 bridgehead atoms. The van der Waals surface area contributed by atoms with E-state index in [-0.39, 0.29) is 16.1 Å². The summed E-state index contributed by atoms with van der Waals surface area (Å²) < 4.78 is 14.2. The molecule has 6 heteroatoms. The van der Waals surface area contributed by atoms with Gasteiger partial charge in [-0.25, -0.2) is 4.39 Å². The van der Waals surface area contributed by atoms with Crippen LogP contribution < -0.4 is 0 Å². The van der Waals surface area contributed by atoms with E-state index in [4.69, 9.17) is 34.8 Å². The Hall–Kier alpha value is -0.610. The number of ketones is 1. The minimum absolute atomic E-state index is 0.133. The van der Waals surface area contributed by atoms with Crippen LogP contribution in [0.4, 0.5) is 4.39 Å². The van der Waals surface area contributed by atoms with Gasteiger partial charge in [0.2, 0.25) is 0 Å². The summed E-state index contributed by atoms with van der Waals surface area (Å²) >= 11 is 20.6. The van der Waals surface area contributed by atoms with Gasteiger partial charge in [0.05, 0.1) is 10.6 Å². The van der Waals surface area contributed by atoms with Crippen LogP contribution in [0.15, 0.2) is 34.8 Å². The van der Waals surface area contributed by atoms with E-state index in [0.29, 0.717) is 14.5 Å². The third-order valence-corrected chi connectivity index (χ3v) is 4.01. The van der Waals surface area contributed by atoms with Crippen molar-refractivity contribution >= 4 is 56.5 Å². The number of benzene rings is 2. The molecule has 0 saturated carbocycles. The van der Waals surface area contributed by atoms with Crippen molar-refractivity contribution in [1.82, 2.24) is 0 Å². The largest absolute Gasteiger partial charge is 0.288 e. The van der Waals surface area contributed by atoms with Gasteiger partial charge in [0.25, 0.3) is 0 Å². The van der Waals surface area contributed by atoms with Crippen LogP contribution in [0.25, 0.3) is 0 Å². The normalized spacial score (nSPS) is 10.6. The molecule has 98 valence electrons. The zero-order chi connectivity index (χ0) is 14.2. The fraction of sp³-hybridized carbons (Fsp3) is 0. The maximum Gasteiger partial charge on any atom is 0.196 e. The van der Waals surface area contributed by atoms with Gasteiger partial charge in [0, 0.05) is 20.1 Å². The molecule has 2 rings (SSSR count). The van der Waals surface area contributed by atoms with Gasteiger partial charge in [-0.15, -0.1) is 0 Å². The zero-order valence-corrected chi connectivity index (χ0v) is 13.0. The van der Waals surface area contributed by atoms with E-state index in [2.05, 4.69) is 15.9 Å². The van der Waals surface area contributed by atoms with Crippen molar-refractivity contribution < 1.29 is 9.18 Å². The summed E-state index contributed by atoms with van der Waals surface area (Å²) in [7, 11) is 0. The van der Waals surface area contributed by atoms with Crippen LogP contribution in [0.5, 0.6) is 0 Å². The first-order valence-corrected chi connectivity index (χ1v) is 6.96. The van der Waals surface area contributed by atoms with Gasteiger partial charge in [-0.1, -0.05) is 34.8 Å². The first-order chi connectivity index (χ1) is 8.88. The number of halogens is 5. The molecule has 0 aliphatic carbocycles. The van der Waals surface area contributed by atoms with Crippen molar-refractivity contribution in [2.75, 3.05) is 0 Å². The van der Waals surface area contributed by atoms with Gasteiger partial charge in [0.1, 0.15) is 5.82 Å². The molecule has 0 aliphatic heterocycles. The smallest absolute Gasteiger partial charge is 0.196 e. The highest BCUT2D eigenvalue weighted by Gasteiger charge is 2.17. The lowest BCUT2D eigenvalue weighted by Gasteiger charge is -2.06. The molecule has 19 heavy (non-hydrogen) atoms. The van der Waals surface area contributed by atoms with E-state index in [9.17, 15) is 9.18 Å². The molecule has 2 aromatic rings. The molecule has 0 unspecified atom stereocenters. The van der Waals surface area contributed by atoms with Crippen molar-refractivity contribution in [3.05, 3.63) is 66.8 Å². The van der Waals surface area contributed by atoms with Gasteiger partial charge < -0.3 is 0 Å². The Labute approximate surface area is 132 Å². The van der Waals surface area contributed by atoms with E-state index in [1.54, 1.807) is 0 Å². The molecule has 2 aromatic carbocycles. The van der Waals surface area contributed by atoms with Gasteiger partial charge in [0.15, 0.2) is 5.78 Å². The maximum absolute atomic E-state index is 13.8. The number of carbonyl (C=O) groups is 1. The summed E-state index contributed by atoms with van der Waals surface area (Å²) in [4.78, 5) is 12.2. The average molecular weight is 382 g/mol. The standard InChI is InChI=1S/C13H5BrCl3FO/c14-10-5-12(18)9(4-11(10)17)13(19)6-1-7(15)3-8(16)2-6/h1-5H. The predicted octanol–water partition coefficient (Wildman–Crippen LogP) is 5.78. The summed E-state index contributed by atoms with van der Waals surface area (Å²) in [6, 6.07) is 6.74. The molecule has 0 amide bonds. The fourth-order valence-electron chi connectivity index (χ4n) is 1.54. The Morgan fingerprint density at radius 3 is 2.16 bits per heavy atom. The topological polar surface area (TPSA) is 17.1 Å². The van der Waals surface area contributed by atoms with Crippen molar-refractivity contribution in [3.63, 3.8) is 0 Å². The summed E-state index contributed by atoms with van der Waals surface area (Å²) in [6.07, 6.45) is 0. The van der Waals surface area contributed by atoms with Gasteiger partial charge in [-0.05, 0) is 46.3 Å². The molecule has 0 radical (unpaired) electrons. The molecule has 0 N–H and O–H groups in total. The SMILES string of the molecule is O=C(c1cc(Cl)cc(Cl)c1)c1cc(Cl)c(Br)cc1F. The second kappa shape index (κ2) is 5.80. The molecule has 0 atom stereocenters. The van der Waals surface area contributed by atoms with Crippen LogP contribution in [0.2, 0.25) is 15.1 Å². The molecule has 0 aliphatic rings. The number of hydrogen-bond donors (Lipinski definition) is 0. The van der Waals surface area contributed by atoms with Gasteiger partial charge >= 0.3 is 0 Å². The summed E-state index contributed by atoms with van der Waals surface area (Å²) in [5.74, 6) is -1.20. The number of rotatable bonds is 2. The zero-order valence-electron chi connectivity index (χ0n) is 9.18. The second-order valence-electron chi connectivity index (χ2n) is 3.73. The van der Waals surface area contributed by atoms with Crippen LogP contribution >= 0.6 is 50.7 Å². The molecule has 0 saturated heterocycles. The highest BCUT2D eigenvalue weighted by molar-refractivity contribution is 9.10. The van der Waals surface area contributed by atoms with Crippen LogP contribution in [-0.2, 0) is 0 Å². The lowest BCUT2D eigenvalue weighted by atomic mass is 10.0. The van der Waals surface area contributed by atoms with E-state index < -0.39 is 11.6 Å². The van der Waals surface area contributed by atoms with Crippen molar-refractivity contribution in [2.45, 2.75) is 0 Å². The van der Waals surface area contributed by atoms with Gasteiger partial charge in [-0.3, -0.25) is 4.79 Å². The number of hydrogen-bond acceptors (Lipinski definition) is 1. The maximum atomic E-state index is 13.8. The van der Waals surface area contributed by atoms with Crippen molar-refractivity contribution in [1.29, 1.82) is 0 Å². The summed E-state index contributed by atoms with van der Waals surface area (Å²) in [5, 5.41) is 0.858. The molecule has 1 nitrogen and oxygen atoms in total. The first kappa shape index (κ1) is 14.8. The minimum atomic E-state index is -0.669. The van der Waals surface area contributed by atoms with Crippen molar-refractivity contribution in [3.8, 4) is 0 Å². The molecule has 0 fully saturated rings. The highest BCUT2D eigenvalue weighted by Crippen LogP contribution is 2.28. The second-order valence-corrected chi connectivity index (χ2v) is 5.87. The van der Waals surface area contributed by atoms with E-state index >= 15 is 0 Å². The molecular weight excluding hydrogens is 377 g/mol. The summed E-state index contributed by atoms with van der Waals surface area (Å²) in [5.41, 5.74) is 0.0707.